The van der Waals surface area contributed by atoms with Crippen LogP contribution in [0.15, 0.2) is 53.6 Å². The van der Waals surface area contributed by atoms with Gasteiger partial charge in [0, 0.05) is 23.7 Å². The molecule has 2 N–H and O–H groups in total. The molecule has 2 amide bonds. The molecule has 2 atom stereocenters. The summed E-state index contributed by atoms with van der Waals surface area (Å²) in [6.07, 6.45) is 8.17. The number of H-pyrrole nitrogens is 1. The molecule has 2 heterocycles. The SMILES string of the molecule is CC1=C(C(=O)N2CC=CC2)C=CC(C(=O)NC(c2nc3ccc(Cl)cc3[nH]2)C(C)C)C1. The van der Waals surface area contributed by atoms with Gasteiger partial charge in [0.15, 0.2) is 0 Å². The number of allylic oxidation sites excluding steroid dienone is 1. The van der Waals surface area contributed by atoms with Crippen LogP contribution in [0.1, 0.15) is 39.1 Å². The number of amides is 2. The number of carbonyl (C=O) groups excluding carboxylic acids is 2. The number of nitrogens with one attached hydrogen (secondary N) is 2. The first kappa shape index (κ1) is 21.4. The van der Waals surface area contributed by atoms with Crippen molar-refractivity contribution in [2.75, 3.05) is 13.1 Å². The average Bonchev–Trinajstić information content (AvgIpc) is 3.40. The highest BCUT2D eigenvalue weighted by Gasteiger charge is 2.29. The Labute approximate surface area is 187 Å². The molecule has 1 aliphatic carbocycles. The number of hydrogen-bond acceptors (Lipinski definition) is 3. The molecule has 0 radical (unpaired) electrons. The second-order valence-corrected chi connectivity index (χ2v) is 9.00. The topological polar surface area (TPSA) is 78.1 Å². The van der Waals surface area contributed by atoms with Gasteiger partial charge in [0.25, 0.3) is 5.91 Å². The third-order valence-corrected chi connectivity index (χ3v) is 6.11. The number of halogens is 1. The van der Waals surface area contributed by atoms with Crippen LogP contribution < -0.4 is 5.32 Å². The van der Waals surface area contributed by atoms with E-state index in [2.05, 4.69) is 15.3 Å². The molecule has 4 rings (SSSR count). The first-order valence-corrected chi connectivity index (χ1v) is 11.0. The van der Waals surface area contributed by atoms with Gasteiger partial charge in [-0.1, -0.05) is 55.3 Å². The lowest BCUT2D eigenvalue weighted by atomic mass is 9.88. The predicted molar refractivity (Wildman–Crippen MR) is 122 cm³/mol. The summed E-state index contributed by atoms with van der Waals surface area (Å²) in [5.74, 6) is 0.503. The van der Waals surface area contributed by atoms with E-state index < -0.39 is 0 Å². The van der Waals surface area contributed by atoms with Gasteiger partial charge in [0.05, 0.1) is 23.0 Å². The maximum Gasteiger partial charge on any atom is 0.254 e. The van der Waals surface area contributed by atoms with Crippen molar-refractivity contribution in [3.8, 4) is 0 Å². The Bertz CT molecular complexity index is 1100. The molecule has 0 spiro atoms. The number of hydrogen-bond donors (Lipinski definition) is 2. The molecular formula is C24H27ClN4O2. The Kier molecular flexibility index (Phi) is 6.01. The second-order valence-electron chi connectivity index (χ2n) is 8.56. The van der Waals surface area contributed by atoms with Crippen molar-refractivity contribution in [3.63, 3.8) is 0 Å². The van der Waals surface area contributed by atoms with E-state index in [1.165, 1.54) is 0 Å². The van der Waals surface area contributed by atoms with Gasteiger partial charge < -0.3 is 15.2 Å². The summed E-state index contributed by atoms with van der Waals surface area (Å²) < 4.78 is 0. The summed E-state index contributed by atoms with van der Waals surface area (Å²) in [5.41, 5.74) is 3.30. The van der Waals surface area contributed by atoms with Crippen molar-refractivity contribution in [1.29, 1.82) is 0 Å². The van der Waals surface area contributed by atoms with Crippen LogP contribution >= 0.6 is 11.6 Å². The Morgan fingerprint density at radius 2 is 2.00 bits per heavy atom. The van der Waals surface area contributed by atoms with Crippen molar-refractivity contribution in [1.82, 2.24) is 20.2 Å². The lowest BCUT2D eigenvalue weighted by Crippen LogP contribution is -2.37. The van der Waals surface area contributed by atoms with Crippen LogP contribution in [-0.4, -0.2) is 39.8 Å². The summed E-state index contributed by atoms with van der Waals surface area (Å²) in [6, 6.07) is 5.24. The smallest absolute Gasteiger partial charge is 0.254 e. The van der Waals surface area contributed by atoms with Gasteiger partial charge in [-0.25, -0.2) is 4.98 Å². The largest absolute Gasteiger partial charge is 0.345 e. The number of imidazole rings is 1. The van der Waals surface area contributed by atoms with Gasteiger partial charge >= 0.3 is 0 Å². The zero-order valence-electron chi connectivity index (χ0n) is 18.0. The fourth-order valence-corrected chi connectivity index (χ4v) is 4.24. The van der Waals surface area contributed by atoms with Gasteiger partial charge in [-0.15, -0.1) is 0 Å². The molecule has 162 valence electrons. The molecular weight excluding hydrogens is 412 g/mol. The van der Waals surface area contributed by atoms with Crippen LogP contribution in [0.4, 0.5) is 0 Å². The number of carbonyl (C=O) groups is 2. The molecule has 2 unspecified atom stereocenters. The van der Waals surface area contributed by atoms with E-state index in [1.54, 1.807) is 17.0 Å². The molecule has 2 aromatic rings. The molecule has 6 nitrogen and oxygen atoms in total. The molecule has 1 aromatic carbocycles. The molecule has 0 saturated carbocycles. The van der Waals surface area contributed by atoms with Crippen LogP contribution in [0, 0.1) is 11.8 Å². The van der Waals surface area contributed by atoms with Crippen molar-refractivity contribution < 1.29 is 9.59 Å². The first-order chi connectivity index (χ1) is 14.8. The molecule has 1 aromatic heterocycles. The number of benzene rings is 1. The highest BCUT2D eigenvalue weighted by Crippen LogP contribution is 2.28. The Morgan fingerprint density at radius 3 is 2.68 bits per heavy atom. The minimum absolute atomic E-state index is 0.0265. The molecule has 1 aliphatic heterocycles. The van der Waals surface area contributed by atoms with Crippen LogP contribution in [0.2, 0.25) is 5.02 Å². The van der Waals surface area contributed by atoms with E-state index in [-0.39, 0.29) is 29.7 Å². The second kappa shape index (κ2) is 8.71. The number of nitrogens with zero attached hydrogens (tertiary/aromatic N) is 2. The summed E-state index contributed by atoms with van der Waals surface area (Å²) >= 11 is 6.09. The Balaban J connectivity index is 1.47. The van der Waals surface area contributed by atoms with E-state index in [0.29, 0.717) is 35.9 Å². The molecule has 2 aliphatic rings. The summed E-state index contributed by atoms with van der Waals surface area (Å²) in [5, 5.41) is 3.79. The average molecular weight is 439 g/mol. The minimum atomic E-state index is -0.312. The predicted octanol–water partition coefficient (Wildman–Crippen LogP) is 4.32. The Morgan fingerprint density at radius 1 is 1.26 bits per heavy atom. The fourth-order valence-electron chi connectivity index (χ4n) is 4.07. The summed E-state index contributed by atoms with van der Waals surface area (Å²) in [4.78, 5) is 35.5. The molecule has 31 heavy (non-hydrogen) atoms. The number of rotatable bonds is 5. The van der Waals surface area contributed by atoms with E-state index in [9.17, 15) is 9.59 Å². The molecule has 0 bridgehead atoms. The van der Waals surface area contributed by atoms with E-state index >= 15 is 0 Å². The lowest BCUT2D eigenvalue weighted by molar-refractivity contribution is -0.126. The van der Waals surface area contributed by atoms with Crippen molar-refractivity contribution >= 4 is 34.4 Å². The van der Waals surface area contributed by atoms with Gasteiger partial charge in [0.1, 0.15) is 5.82 Å². The van der Waals surface area contributed by atoms with Gasteiger partial charge in [-0.3, -0.25) is 9.59 Å². The fraction of sp³-hybridized carbons (Fsp3) is 0.375. The zero-order valence-corrected chi connectivity index (χ0v) is 18.7. The first-order valence-electron chi connectivity index (χ1n) is 10.6. The van der Waals surface area contributed by atoms with Crippen LogP contribution in [-0.2, 0) is 9.59 Å². The maximum atomic E-state index is 13.1. The van der Waals surface area contributed by atoms with Crippen molar-refractivity contribution in [2.45, 2.75) is 33.2 Å². The third kappa shape index (κ3) is 4.44. The minimum Gasteiger partial charge on any atom is -0.345 e. The molecule has 0 fully saturated rings. The monoisotopic (exact) mass is 438 g/mol. The molecule has 7 heteroatoms. The normalized spacial score (nSPS) is 19.5. The quantitative estimate of drug-likeness (QED) is 0.682. The Hall–Kier alpha value is -2.86. The third-order valence-electron chi connectivity index (χ3n) is 5.87. The van der Waals surface area contributed by atoms with Crippen molar-refractivity contribution in [3.05, 3.63) is 64.5 Å². The summed E-state index contributed by atoms with van der Waals surface area (Å²) in [7, 11) is 0. The number of aromatic nitrogens is 2. The maximum absolute atomic E-state index is 13.1. The highest BCUT2D eigenvalue weighted by molar-refractivity contribution is 6.31. The van der Waals surface area contributed by atoms with Crippen LogP contribution in [0.3, 0.4) is 0 Å². The zero-order chi connectivity index (χ0) is 22.1. The van der Waals surface area contributed by atoms with Gasteiger partial charge in [0.2, 0.25) is 5.91 Å². The lowest BCUT2D eigenvalue weighted by Gasteiger charge is -2.26. The van der Waals surface area contributed by atoms with Gasteiger partial charge in [-0.05, 0) is 37.5 Å². The van der Waals surface area contributed by atoms with Crippen LogP contribution in [0.25, 0.3) is 11.0 Å². The van der Waals surface area contributed by atoms with Gasteiger partial charge in [-0.2, -0.15) is 0 Å². The van der Waals surface area contributed by atoms with E-state index in [0.717, 1.165) is 16.6 Å². The van der Waals surface area contributed by atoms with Crippen LogP contribution in [0.5, 0.6) is 0 Å². The van der Waals surface area contributed by atoms with E-state index in [4.69, 9.17) is 11.6 Å². The number of aromatic amines is 1. The number of fused-ring (bicyclic) bond motifs is 1. The molecule has 0 saturated heterocycles. The van der Waals surface area contributed by atoms with Crippen molar-refractivity contribution in [2.24, 2.45) is 11.8 Å². The summed E-state index contributed by atoms with van der Waals surface area (Å²) in [6.45, 7) is 7.32. The standard InChI is InChI=1S/C24H27ClN4O2/c1-14(2)21(22-26-19-9-7-17(25)13-20(19)27-22)28-23(30)16-6-8-18(15(3)12-16)24(31)29-10-4-5-11-29/h4-9,13-14,16,21H,10-12H2,1-3H3,(H,26,27)(H,28,30). The highest BCUT2D eigenvalue weighted by atomic mass is 35.5. The van der Waals surface area contributed by atoms with E-state index in [1.807, 2.05) is 51.1 Å².